The van der Waals surface area contributed by atoms with Crippen LogP contribution in [0, 0.1) is 11.3 Å². The molecule has 2 heterocycles. The van der Waals surface area contributed by atoms with Crippen molar-refractivity contribution in [2.75, 3.05) is 146 Å². The topological polar surface area (TPSA) is 460 Å². The molecule has 2 aromatic carbocycles. The number of Topliss-reactive ketones (excluding diaryl/α,β-unsaturated/α-hetero) is 3. The molecule has 0 unspecified atom stereocenters. The molecule has 11 amide bonds. The molecule has 35 heteroatoms. The number of ketones is 3. The average Bonchev–Trinajstić information content (AvgIpc) is 1.51. The molecular weight excluding hydrogens is 1450 g/mol. The van der Waals surface area contributed by atoms with E-state index in [4.69, 9.17) is 52.8 Å². The number of rotatable bonds is 59. The molecule has 0 radical (unpaired) electrons. The number of primary amides is 1. The second kappa shape index (κ2) is 52.3. The zero-order valence-electron chi connectivity index (χ0n) is 64.6. The number of nitrogens with two attached hydrogens (primary N) is 1. The third-order valence-corrected chi connectivity index (χ3v) is 17.3. The van der Waals surface area contributed by atoms with Crippen LogP contribution in [0.1, 0.15) is 122 Å². The van der Waals surface area contributed by atoms with E-state index in [0.717, 1.165) is 17.1 Å². The molecular formula is C76H110N10O25. The molecule has 3 atom stereocenters. The summed E-state index contributed by atoms with van der Waals surface area (Å²) in [5.74, 6) is -6.61. The van der Waals surface area contributed by atoms with Crippen molar-refractivity contribution in [1.82, 2.24) is 41.3 Å². The van der Waals surface area contributed by atoms with Crippen molar-refractivity contribution in [1.29, 1.82) is 0 Å². The largest absolute Gasteiger partial charge is 0.445 e. The minimum absolute atomic E-state index is 0.00250. The van der Waals surface area contributed by atoms with Gasteiger partial charge in [-0.1, -0.05) is 32.4 Å². The van der Waals surface area contributed by atoms with E-state index in [-0.39, 0.29) is 224 Å². The van der Waals surface area contributed by atoms with E-state index in [9.17, 15) is 67.1 Å². The Balaban J connectivity index is 1.51. The Kier molecular flexibility index (Phi) is 44.0. The fourth-order valence-corrected chi connectivity index (χ4v) is 10.9. The molecule has 8 N–H and O–H groups in total. The van der Waals surface area contributed by atoms with Crippen molar-refractivity contribution in [3.05, 3.63) is 82.7 Å². The number of methoxy groups -OCH3 is 3. The van der Waals surface area contributed by atoms with Crippen LogP contribution in [0.5, 0.6) is 5.75 Å². The van der Waals surface area contributed by atoms with Gasteiger partial charge < -0.3 is 94.5 Å². The van der Waals surface area contributed by atoms with E-state index in [0.29, 0.717) is 29.7 Å². The highest BCUT2D eigenvalue weighted by Crippen LogP contribution is 2.28. The molecule has 0 saturated carbocycles. The maximum atomic E-state index is 15.1. The predicted molar refractivity (Wildman–Crippen MR) is 401 cm³/mol. The van der Waals surface area contributed by atoms with Gasteiger partial charge in [0, 0.05) is 186 Å². The van der Waals surface area contributed by atoms with Gasteiger partial charge in [0.2, 0.25) is 41.4 Å². The van der Waals surface area contributed by atoms with E-state index in [1.54, 1.807) is 56.3 Å². The number of unbranched alkanes of at least 4 members (excludes halogenated alkanes) is 1. The molecule has 4 rings (SSSR count). The van der Waals surface area contributed by atoms with E-state index >= 15 is 4.79 Å². The summed E-state index contributed by atoms with van der Waals surface area (Å²) in [5.41, 5.74) is 4.48. The predicted octanol–water partition coefficient (Wildman–Crippen LogP) is 3.12. The minimum atomic E-state index is -1.44. The van der Waals surface area contributed by atoms with Gasteiger partial charge in [-0.15, -0.1) is 0 Å². The molecule has 35 nitrogen and oxygen atoms in total. The standard InChI is InChI=1S/C76H110N10O25/c1-52(2)71(73(99)82-60(14-8-9-15-63(77)90)72(98)80-55-20-16-53(17-21-55)48-109-74(100)84(3)36-37-85(4)75(101)110-58-22-18-54-19-27-70(97)111-62(54)46-58)83-66(93)24-23-59(81-67(94)32-41-105-39-11-13-56(87)28-35-86-68(95)25-26-69(86)96)61(89)47-76(49-106-40-29-57(88)12-10-38-102-5,50-107-42-30-64(91)78-33-44-103-6)51-108-43-31-65(92)79-34-45-104-7/h16-22,25-27,46,52,59-60,71H,8-15,23-24,28-45,47-51H2,1-7H3,(H2,77,90)(H,78,91)(H,79,92)(H,80,98)(H,81,94)(H,82,99)(H,83,93)/t59-,60-,71-/m0/s1. The molecule has 111 heavy (non-hydrogen) atoms. The maximum absolute atomic E-state index is 15.1. The van der Waals surface area contributed by atoms with E-state index in [2.05, 4.69) is 31.9 Å². The first-order chi connectivity index (χ1) is 53.1. The van der Waals surface area contributed by atoms with Crippen LogP contribution < -0.4 is 48.0 Å². The number of amides is 11. The van der Waals surface area contributed by atoms with Gasteiger partial charge in [-0.05, 0) is 73.9 Å². The second-order valence-corrected chi connectivity index (χ2v) is 26.9. The minimum Gasteiger partial charge on any atom is -0.445 e. The number of hydrogen-bond acceptors (Lipinski definition) is 25. The first-order valence-corrected chi connectivity index (χ1v) is 37.0. The summed E-state index contributed by atoms with van der Waals surface area (Å²) in [6, 6.07) is 9.78. The van der Waals surface area contributed by atoms with Crippen LogP contribution in [0.25, 0.3) is 11.0 Å². The number of carbonyl (C=O) groups excluding carboxylic acids is 14. The number of imide groups is 1. The lowest BCUT2D eigenvalue weighted by Crippen LogP contribution is -2.54. The number of carbonyl (C=O) groups is 14. The van der Waals surface area contributed by atoms with Crippen molar-refractivity contribution in [3.8, 4) is 5.75 Å². The Bertz CT molecular complexity index is 3530. The zero-order valence-corrected chi connectivity index (χ0v) is 64.6. The third-order valence-electron chi connectivity index (χ3n) is 17.3. The van der Waals surface area contributed by atoms with Gasteiger partial charge in [0.05, 0.1) is 65.5 Å². The number of fused-ring (bicyclic) bond motifs is 1. The number of hydrogen-bond donors (Lipinski definition) is 7. The summed E-state index contributed by atoms with van der Waals surface area (Å²) in [4.78, 5) is 199. The monoisotopic (exact) mass is 1560 g/mol. The fraction of sp³-hybridized carbons (Fsp3) is 0.592. The van der Waals surface area contributed by atoms with E-state index in [1.807, 2.05) is 0 Å². The average molecular weight is 1560 g/mol. The molecule has 1 aliphatic heterocycles. The first kappa shape index (κ1) is 93.5. The number of nitrogens with one attached hydrogen (secondary N) is 6. The highest BCUT2D eigenvalue weighted by Gasteiger charge is 2.38. The summed E-state index contributed by atoms with van der Waals surface area (Å²) in [6.07, 6.45) is 0.497. The Morgan fingerprint density at radius 3 is 1.70 bits per heavy atom. The summed E-state index contributed by atoms with van der Waals surface area (Å²) >= 11 is 0. The number of likely N-dealkylation sites (N-methyl/N-ethyl adjacent to an activating group) is 2. The van der Waals surface area contributed by atoms with Gasteiger partial charge in [0.1, 0.15) is 41.6 Å². The van der Waals surface area contributed by atoms with Crippen LogP contribution in [0.2, 0.25) is 0 Å². The highest BCUT2D eigenvalue weighted by atomic mass is 16.6. The van der Waals surface area contributed by atoms with Gasteiger partial charge in [0.15, 0.2) is 5.78 Å². The van der Waals surface area contributed by atoms with Crippen molar-refractivity contribution >= 4 is 99.4 Å². The van der Waals surface area contributed by atoms with Crippen LogP contribution in [-0.2, 0) is 102 Å². The molecule has 614 valence electrons. The zero-order chi connectivity index (χ0) is 81.5. The smallest absolute Gasteiger partial charge is 0.415 e. The van der Waals surface area contributed by atoms with Crippen molar-refractivity contribution in [3.63, 3.8) is 0 Å². The van der Waals surface area contributed by atoms with Gasteiger partial charge in [-0.2, -0.15) is 0 Å². The van der Waals surface area contributed by atoms with Gasteiger partial charge in [-0.25, -0.2) is 14.4 Å². The molecule has 0 fully saturated rings. The van der Waals surface area contributed by atoms with Gasteiger partial charge in [-0.3, -0.25) is 62.4 Å². The molecule has 0 saturated heterocycles. The van der Waals surface area contributed by atoms with Crippen LogP contribution in [0.15, 0.2) is 76.0 Å². The molecule has 1 aliphatic rings. The van der Waals surface area contributed by atoms with Crippen molar-refractivity contribution in [2.24, 2.45) is 17.1 Å². The number of nitrogens with zero attached hydrogens (tertiary/aromatic N) is 3. The summed E-state index contributed by atoms with van der Waals surface area (Å²) in [5, 5.41) is 17.0. The van der Waals surface area contributed by atoms with Crippen molar-refractivity contribution < 1.29 is 114 Å². The van der Waals surface area contributed by atoms with E-state index < -0.39 is 107 Å². The molecule has 0 bridgehead atoms. The van der Waals surface area contributed by atoms with Crippen molar-refractivity contribution in [2.45, 2.75) is 141 Å². The Morgan fingerprint density at radius 2 is 1.10 bits per heavy atom. The normalized spacial score (nSPS) is 12.7. The molecule has 0 aliphatic carbocycles. The first-order valence-electron chi connectivity index (χ1n) is 37.0. The third kappa shape index (κ3) is 38.0. The fourth-order valence-electron chi connectivity index (χ4n) is 10.9. The summed E-state index contributed by atoms with van der Waals surface area (Å²) in [7, 11) is 7.44. The van der Waals surface area contributed by atoms with E-state index in [1.165, 1.54) is 57.4 Å². The Hall–Kier alpha value is -9.91. The highest BCUT2D eigenvalue weighted by molar-refractivity contribution is 6.13. The van der Waals surface area contributed by atoms with Crippen LogP contribution in [0.3, 0.4) is 0 Å². The SMILES string of the molecule is COCCCC(=O)CCOCC(COCCC(=O)NCCOC)(COCCC(=O)NCCOC)CC(=O)[C@H](CCC(=O)N[C@H](C(=O)N[C@@H](CCCCC(N)=O)C(=O)Nc1ccc(COC(=O)N(C)CCN(C)C(=O)Oc2ccc3ccc(=O)oc3c2)cc1)C(C)C)NC(=O)CCOCCCC(=O)CCN1C(=O)C=CC1=O. The van der Waals surface area contributed by atoms with Crippen LogP contribution in [-0.4, -0.2) is 256 Å². The number of benzene rings is 2. The van der Waals surface area contributed by atoms with Gasteiger partial charge in [0.25, 0.3) is 11.8 Å². The lowest BCUT2D eigenvalue weighted by Gasteiger charge is -2.34. The van der Waals surface area contributed by atoms with Crippen LogP contribution in [0.4, 0.5) is 15.3 Å². The Morgan fingerprint density at radius 1 is 0.541 bits per heavy atom. The van der Waals surface area contributed by atoms with Crippen LogP contribution >= 0.6 is 0 Å². The molecule has 0 spiro atoms. The lowest BCUT2D eigenvalue weighted by molar-refractivity contribution is -0.137. The summed E-state index contributed by atoms with van der Waals surface area (Å²) < 4.78 is 55.3. The quantitative estimate of drug-likeness (QED) is 0.0242. The molecule has 3 aromatic rings. The molecule has 1 aromatic heterocycles. The number of ether oxygens (including phenoxy) is 9. The summed E-state index contributed by atoms with van der Waals surface area (Å²) in [6.45, 7) is 3.14. The Labute approximate surface area is 645 Å². The number of anilines is 1. The van der Waals surface area contributed by atoms with Gasteiger partial charge >= 0.3 is 17.8 Å². The maximum Gasteiger partial charge on any atom is 0.415 e. The second-order valence-electron chi connectivity index (χ2n) is 26.9. The lowest BCUT2D eigenvalue weighted by atomic mass is 9.82.